The molecule has 0 fully saturated rings. The number of carbonyl (C=O) groups excluding carboxylic acids is 2. The maximum absolute atomic E-state index is 12.9. The average Bonchev–Trinajstić information content (AvgIpc) is 2.73. The van der Waals surface area contributed by atoms with Crippen molar-refractivity contribution in [2.24, 2.45) is 5.73 Å². The molecule has 30 heavy (non-hydrogen) atoms. The summed E-state index contributed by atoms with van der Waals surface area (Å²) >= 11 is 0. The number of esters is 2. The normalized spacial score (nSPS) is 15.8. The second-order valence-electron chi connectivity index (χ2n) is 6.07. The summed E-state index contributed by atoms with van der Waals surface area (Å²) in [5.41, 5.74) is 6.42. The lowest BCUT2D eigenvalue weighted by Gasteiger charge is -2.28. The fourth-order valence-corrected chi connectivity index (χ4v) is 3.09. The Bertz CT molecular complexity index is 928. The molecule has 1 aliphatic heterocycles. The van der Waals surface area contributed by atoms with E-state index in [9.17, 15) is 14.9 Å². The molecule has 1 atom stereocenters. The van der Waals surface area contributed by atoms with Crippen molar-refractivity contribution >= 4 is 11.9 Å². The van der Waals surface area contributed by atoms with Gasteiger partial charge in [-0.2, -0.15) is 5.26 Å². The molecule has 0 bridgehead atoms. The SMILES string of the molecule is CCOC(=O)CC1=C(C(=O)OCC)C(c2ccc(OC)cc2OC)C(C#N)=C(N)O1. The molecule has 0 saturated heterocycles. The number of nitriles is 1. The summed E-state index contributed by atoms with van der Waals surface area (Å²) in [4.78, 5) is 25.0. The Balaban J connectivity index is 2.73. The lowest BCUT2D eigenvalue weighted by molar-refractivity contribution is -0.143. The lowest BCUT2D eigenvalue weighted by Crippen LogP contribution is -2.27. The molecular formula is C21H24N2O7. The van der Waals surface area contributed by atoms with Crippen molar-refractivity contribution in [3.63, 3.8) is 0 Å². The number of ether oxygens (including phenoxy) is 5. The average molecular weight is 416 g/mol. The molecule has 2 N–H and O–H groups in total. The van der Waals surface area contributed by atoms with Gasteiger partial charge < -0.3 is 29.4 Å². The first kappa shape index (κ1) is 22.6. The number of methoxy groups -OCH3 is 2. The van der Waals surface area contributed by atoms with Gasteiger partial charge in [0.15, 0.2) is 0 Å². The zero-order chi connectivity index (χ0) is 22.3. The van der Waals surface area contributed by atoms with Gasteiger partial charge in [-0.3, -0.25) is 4.79 Å². The molecular weight excluding hydrogens is 392 g/mol. The zero-order valence-corrected chi connectivity index (χ0v) is 17.3. The molecule has 0 amide bonds. The Morgan fingerprint density at radius 3 is 2.43 bits per heavy atom. The predicted molar refractivity (Wildman–Crippen MR) is 105 cm³/mol. The van der Waals surface area contributed by atoms with Crippen LogP contribution in [0, 0.1) is 11.3 Å². The van der Waals surface area contributed by atoms with Crippen LogP contribution in [-0.4, -0.2) is 39.4 Å². The Hall–Kier alpha value is -3.67. The van der Waals surface area contributed by atoms with E-state index in [0.29, 0.717) is 17.1 Å². The van der Waals surface area contributed by atoms with E-state index < -0.39 is 17.9 Å². The van der Waals surface area contributed by atoms with Crippen molar-refractivity contribution in [2.75, 3.05) is 27.4 Å². The fourth-order valence-electron chi connectivity index (χ4n) is 3.09. The van der Waals surface area contributed by atoms with Gasteiger partial charge in [0.05, 0.1) is 38.9 Å². The lowest BCUT2D eigenvalue weighted by atomic mass is 9.82. The fraction of sp³-hybridized carbons (Fsp3) is 0.381. The first-order valence-corrected chi connectivity index (χ1v) is 9.26. The summed E-state index contributed by atoms with van der Waals surface area (Å²) in [5, 5.41) is 9.74. The molecule has 1 heterocycles. The minimum atomic E-state index is -0.965. The second kappa shape index (κ2) is 10.2. The summed E-state index contributed by atoms with van der Waals surface area (Å²) in [7, 11) is 2.95. The van der Waals surface area contributed by atoms with Crippen LogP contribution in [0.5, 0.6) is 11.5 Å². The van der Waals surface area contributed by atoms with E-state index in [-0.39, 0.29) is 42.4 Å². The number of allylic oxidation sites excluding steroid dienone is 1. The van der Waals surface area contributed by atoms with Gasteiger partial charge >= 0.3 is 11.9 Å². The Labute approximate surface area is 174 Å². The summed E-state index contributed by atoms with van der Waals surface area (Å²) in [5.74, 6) is -1.68. The van der Waals surface area contributed by atoms with Crippen LogP contribution in [0.3, 0.4) is 0 Å². The Kier molecular flexibility index (Phi) is 7.69. The molecule has 160 valence electrons. The highest BCUT2D eigenvalue weighted by atomic mass is 16.5. The van der Waals surface area contributed by atoms with Gasteiger partial charge in [0.1, 0.15) is 35.3 Å². The van der Waals surface area contributed by atoms with Crippen LogP contribution in [0.4, 0.5) is 0 Å². The first-order valence-electron chi connectivity index (χ1n) is 9.26. The first-order chi connectivity index (χ1) is 14.4. The van der Waals surface area contributed by atoms with E-state index in [4.69, 9.17) is 29.4 Å². The molecule has 0 saturated carbocycles. The molecule has 0 aliphatic carbocycles. The van der Waals surface area contributed by atoms with E-state index in [1.54, 1.807) is 32.0 Å². The van der Waals surface area contributed by atoms with Gasteiger partial charge in [-0.15, -0.1) is 0 Å². The zero-order valence-electron chi connectivity index (χ0n) is 17.3. The van der Waals surface area contributed by atoms with Crippen molar-refractivity contribution < 1.29 is 33.3 Å². The highest BCUT2D eigenvalue weighted by molar-refractivity contribution is 5.94. The van der Waals surface area contributed by atoms with Crippen LogP contribution in [0.1, 0.15) is 31.7 Å². The summed E-state index contributed by atoms with van der Waals surface area (Å²) in [6.07, 6.45) is -0.351. The third-order valence-electron chi connectivity index (χ3n) is 4.35. The van der Waals surface area contributed by atoms with E-state index in [2.05, 4.69) is 0 Å². The largest absolute Gasteiger partial charge is 0.497 e. The number of rotatable bonds is 8. The molecule has 0 aromatic heterocycles. The van der Waals surface area contributed by atoms with Crippen molar-refractivity contribution in [3.8, 4) is 17.6 Å². The number of hydrogen-bond donors (Lipinski definition) is 1. The molecule has 1 aliphatic rings. The van der Waals surface area contributed by atoms with Gasteiger partial charge in [-0.25, -0.2) is 4.79 Å². The monoisotopic (exact) mass is 416 g/mol. The minimum Gasteiger partial charge on any atom is -0.497 e. The third-order valence-corrected chi connectivity index (χ3v) is 4.35. The van der Waals surface area contributed by atoms with Crippen LogP contribution < -0.4 is 15.2 Å². The van der Waals surface area contributed by atoms with E-state index >= 15 is 0 Å². The van der Waals surface area contributed by atoms with Crippen LogP contribution in [0.15, 0.2) is 41.0 Å². The van der Waals surface area contributed by atoms with Gasteiger partial charge in [0.25, 0.3) is 0 Å². The van der Waals surface area contributed by atoms with E-state index in [1.807, 2.05) is 6.07 Å². The highest BCUT2D eigenvalue weighted by Gasteiger charge is 2.39. The quantitative estimate of drug-likeness (QED) is 0.634. The van der Waals surface area contributed by atoms with Crippen LogP contribution in [-0.2, 0) is 23.8 Å². The van der Waals surface area contributed by atoms with Gasteiger partial charge in [0, 0.05) is 11.6 Å². The Morgan fingerprint density at radius 2 is 1.87 bits per heavy atom. The molecule has 9 nitrogen and oxygen atoms in total. The maximum atomic E-state index is 12.9. The number of nitrogens with zero attached hydrogens (tertiary/aromatic N) is 1. The topological polar surface area (TPSA) is 130 Å². The maximum Gasteiger partial charge on any atom is 0.338 e. The van der Waals surface area contributed by atoms with E-state index in [0.717, 1.165) is 0 Å². The van der Waals surface area contributed by atoms with Gasteiger partial charge in [0.2, 0.25) is 5.88 Å². The molecule has 9 heteroatoms. The Morgan fingerprint density at radius 1 is 1.17 bits per heavy atom. The van der Waals surface area contributed by atoms with Gasteiger partial charge in [-0.1, -0.05) is 6.07 Å². The second-order valence-corrected chi connectivity index (χ2v) is 6.07. The number of carbonyl (C=O) groups is 2. The smallest absolute Gasteiger partial charge is 0.338 e. The van der Waals surface area contributed by atoms with Crippen molar-refractivity contribution in [2.45, 2.75) is 26.2 Å². The third kappa shape index (κ3) is 4.66. The van der Waals surface area contributed by atoms with Gasteiger partial charge in [-0.05, 0) is 19.9 Å². The van der Waals surface area contributed by atoms with Crippen molar-refractivity contribution in [3.05, 3.63) is 46.6 Å². The molecule has 1 aromatic rings. The van der Waals surface area contributed by atoms with E-state index in [1.165, 1.54) is 14.2 Å². The van der Waals surface area contributed by atoms with Crippen molar-refractivity contribution in [1.29, 1.82) is 5.26 Å². The number of hydrogen-bond acceptors (Lipinski definition) is 9. The molecule has 2 rings (SSSR count). The van der Waals surface area contributed by atoms with Crippen molar-refractivity contribution in [1.82, 2.24) is 0 Å². The van der Waals surface area contributed by atoms with Crippen LogP contribution in [0.25, 0.3) is 0 Å². The standard InChI is InChI=1S/C21H24N2O7/c1-5-28-17(24)10-16-19(21(25)29-6-2)18(14(11-22)20(23)30-16)13-8-7-12(26-3)9-15(13)27-4/h7-9,18H,5-6,10,23H2,1-4H3. The summed E-state index contributed by atoms with van der Waals surface area (Å²) in [6, 6.07) is 6.92. The van der Waals surface area contributed by atoms with Crippen LogP contribution in [0.2, 0.25) is 0 Å². The predicted octanol–water partition coefficient (Wildman–Crippen LogP) is 2.28. The molecule has 1 unspecified atom stereocenters. The molecule has 0 radical (unpaired) electrons. The molecule has 0 spiro atoms. The summed E-state index contributed by atoms with van der Waals surface area (Å²) < 4.78 is 26.3. The molecule has 1 aromatic carbocycles. The highest BCUT2D eigenvalue weighted by Crippen LogP contribution is 2.44. The van der Waals surface area contributed by atoms with Crippen LogP contribution >= 0.6 is 0 Å². The minimum absolute atomic E-state index is 0.00544. The number of nitrogens with two attached hydrogens (primary N) is 1. The summed E-state index contributed by atoms with van der Waals surface area (Å²) in [6.45, 7) is 3.55. The number of benzene rings is 1.